The van der Waals surface area contributed by atoms with Crippen LogP contribution in [0.25, 0.3) is 0 Å². The van der Waals surface area contributed by atoms with Crippen molar-refractivity contribution >= 4 is 27.3 Å². The maximum atomic E-state index is 12.1. The van der Waals surface area contributed by atoms with Crippen LogP contribution in [-0.4, -0.2) is 42.7 Å². The molecule has 1 aliphatic heterocycles. The fourth-order valence-corrected chi connectivity index (χ4v) is 2.87. The normalized spacial score (nSPS) is 15.1. The van der Waals surface area contributed by atoms with Gasteiger partial charge in [0.05, 0.1) is 22.1 Å². The summed E-state index contributed by atoms with van der Waals surface area (Å²) in [5.41, 5.74) is 6.48. The minimum absolute atomic E-state index is 0.132. The van der Waals surface area contributed by atoms with Crippen molar-refractivity contribution in [1.82, 2.24) is 4.90 Å². The highest BCUT2D eigenvalue weighted by Gasteiger charge is 2.36. The van der Waals surface area contributed by atoms with Gasteiger partial charge >= 0.3 is 0 Å². The molecule has 0 radical (unpaired) electrons. The van der Waals surface area contributed by atoms with Crippen molar-refractivity contribution in [2.45, 2.75) is 19.1 Å². The molecule has 0 fully saturated rings. The van der Waals surface area contributed by atoms with E-state index in [2.05, 4.69) is 0 Å². The standard InChI is InChI=1S/C13H16N2O4S/c1-8(2)20(18,19)6-5-15-12(16)10-4-3-9(14)7-11(10)13(15)17/h3-4,7-8H,5-6,14H2,1-2H3. The highest BCUT2D eigenvalue weighted by atomic mass is 32.2. The number of nitrogens with zero attached hydrogens (tertiary/aromatic N) is 1. The summed E-state index contributed by atoms with van der Waals surface area (Å²) in [6, 6.07) is 4.47. The monoisotopic (exact) mass is 296 g/mol. The summed E-state index contributed by atoms with van der Waals surface area (Å²) in [5, 5.41) is -0.534. The van der Waals surface area contributed by atoms with Crippen molar-refractivity contribution in [1.29, 1.82) is 0 Å². The van der Waals surface area contributed by atoms with Crippen LogP contribution in [0.1, 0.15) is 34.6 Å². The largest absolute Gasteiger partial charge is 0.399 e. The van der Waals surface area contributed by atoms with Crippen LogP contribution in [0.4, 0.5) is 5.69 Å². The molecule has 2 amide bonds. The van der Waals surface area contributed by atoms with E-state index in [0.717, 1.165) is 4.90 Å². The molecule has 1 aliphatic rings. The average molecular weight is 296 g/mol. The Hall–Kier alpha value is -1.89. The van der Waals surface area contributed by atoms with E-state index in [9.17, 15) is 18.0 Å². The zero-order valence-electron chi connectivity index (χ0n) is 11.3. The fourth-order valence-electron chi connectivity index (χ4n) is 1.97. The van der Waals surface area contributed by atoms with Crippen LogP contribution in [0, 0.1) is 0 Å². The Morgan fingerprint density at radius 1 is 1.15 bits per heavy atom. The third-order valence-corrected chi connectivity index (χ3v) is 5.50. The molecule has 7 heteroatoms. The maximum Gasteiger partial charge on any atom is 0.261 e. The predicted molar refractivity (Wildman–Crippen MR) is 75.1 cm³/mol. The van der Waals surface area contributed by atoms with Gasteiger partial charge in [0.15, 0.2) is 9.84 Å². The van der Waals surface area contributed by atoms with Crippen molar-refractivity contribution < 1.29 is 18.0 Å². The SMILES string of the molecule is CC(C)S(=O)(=O)CCN1C(=O)c2ccc(N)cc2C1=O. The van der Waals surface area contributed by atoms with Crippen molar-refractivity contribution in [2.24, 2.45) is 0 Å². The van der Waals surface area contributed by atoms with Crippen molar-refractivity contribution in [2.75, 3.05) is 18.0 Å². The van der Waals surface area contributed by atoms with Crippen LogP contribution in [0.5, 0.6) is 0 Å². The number of hydrogen-bond acceptors (Lipinski definition) is 5. The number of carbonyl (C=O) groups is 2. The van der Waals surface area contributed by atoms with Crippen LogP contribution in [0.3, 0.4) is 0 Å². The number of amides is 2. The van der Waals surface area contributed by atoms with Crippen LogP contribution < -0.4 is 5.73 Å². The Labute approximate surface area is 117 Å². The van der Waals surface area contributed by atoms with Crippen LogP contribution in [0.2, 0.25) is 0 Å². The van der Waals surface area contributed by atoms with E-state index in [1.54, 1.807) is 19.9 Å². The molecule has 2 rings (SSSR count). The lowest BCUT2D eigenvalue weighted by Gasteiger charge is -2.15. The molecule has 6 nitrogen and oxygen atoms in total. The van der Waals surface area contributed by atoms with E-state index in [1.807, 2.05) is 0 Å². The minimum Gasteiger partial charge on any atom is -0.399 e. The molecule has 1 heterocycles. The molecule has 0 spiro atoms. The summed E-state index contributed by atoms with van der Waals surface area (Å²) < 4.78 is 23.5. The Morgan fingerprint density at radius 3 is 2.35 bits per heavy atom. The average Bonchev–Trinajstić information content (AvgIpc) is 2.59. The number of nitrogen functional groups attached to an aromatic ring is 1. The van der Waals surface area contributed by atoms with E-state index >= 15 is 0 Å². The summed E-state index contributed by atoms with van der Waals surface area (Å²) in [5.74, 6) is -1.19. The summed E-state index contributed by atoms with van der Waals surface area (Å²) in [7, 11) is -3.30. The number of imide groups is 1. The lowest BCUT2D eigenvalue weighted by atomic mass is 10.1. The van der Waals surface area contributed by atoms with Gasteiger partial charge in [0.1, 0.15) is 0 Å². The van der Waals surface area contributed by atoms with Gasteiger partial charge in [0.2, 0.25) is 0 Å². The van der Waals surface area contributed by atoms with Gasteiger partial charge in [-0.15, -0.1) is 0 Å². The van der Waals surface area contributed by atoms with Crippen LogP contribution in [0.15, 0.2) is 18.2 Å². The molecule has 0 bridgehead atoms. The van der Waals surface area contributed by atoms with Gasteiger partial charge in [-0.1, -0.05) is 0 Å². The van der Waals surface area contributed by atoms with Crippen molar-refractivity contribution in [3.05, 3.63) is 29.3 Å². The Kier molecular flexibility index (Phi) is 3.56. The van der Waals surface area contributed by atoms with Crippen molar-refractivity contribution in [3.63, 3.8) is 0 Å². The van der Waals surface area contributed by atoms with Crippen LogP contribution >= 0.6 is 0 Å². The molecule has 0 unspecified atom stereocenters. The zero-order valence-corrected chi connectivity index (χ0v) is 12.1. The Bertz CT molecular complexity index is 680. The fraction of sp³-hybridized carbons (Fsp3) is 0.385. The third kappa shape index (κ3) is 2.40. The minimum atomic E-state index is -3.30. The molecule has 2 N–H and O–H groups in total. The number of hydrogen-bond donors (Lipinski definition) is 1. The summed E-state index contributed by atoms with van der Waals surface area (Å²) in [6.07, 6.45) is 0. The molecule has 20 heavy (non-hydrogen) atoms. The summed E-state index contributed by atoms with van der Waals surface area (Å²) in [6.45, 7) is 3.00. The molecule has 0 aromatic heterocycles. The molecule has 0 atom stereocenters. The first kappa shape index (κ1) is 14.5. The highest BCUT2D eigenvalue weighted by Crippen LogP contribution is 2.24. The van der Waals surface area contributed by atoms with Gasteiger partial charge in [-0.25, -0.2) is 8.42 Å². The number of rotatable bonds is 4. The lowest BCUT2D eigenvalue weighted by Crippen LogP contribution is -2.35. The van der Waals surface area contributed by atoms with E-state index in [4.69, 9.17) is 5.73 Å². The van der Waals surface area contributed by atoms with E-state index in [0.29, 0.717) is 5.69 Å². The first-order chi connectivity index (χ1) is 9.24. The molecule has 1 aromatic carbocycles. The number of carbonyl (C=O) groups excluding carboxylic acids is 2. The quantitative estimate of drug-likeness (QED) is 0.651. The van der Waals surface area contributed by atoms with E-state index in [-0.39, 0.29) is 23.4 Å². The number of benzene rings is 1. The van der Waals surface area contributed by atoms with Gasteiger partial charge in [0, 0.05) is 12.2 Å². The first-order valence-corrected chi connectivity index (χ1v) is 7.93. The van der Waals surface area contributed by atoms with Gasteiger partial charge < -0.3 is 5.73 Å². The second kappa shape index (κ2) is 4.90. The second-order valence-corrected chi connectivity index (χ2v) is 7.66. The molecule has 1 aromatic rings. The molecule has 0 aliphatic carbocycles. The number of sulfone groups is 1. The predicted octanol–water partition coefficient (Wildman–Crippen LogP) is 0.688. The summed E-state index contributed by atoms with van der Waals surface area (Å²) in [4.78, 5) is 25.1. The zero-order chi connectivity index (χ0) is 15.1. The highest BCUT2D eigenvalue weighted by molar-refractivity contribution is 7.92. The molecule has 108 valence electrons. The smallest absolute Gasteiger partial charge is 0.261 e. The first-order valence-electron chi connectivity index (χ1n) is 6.21. The van der Waals surface area contributed by atoms with Crippen molar-refractivity contribution in [3.8, 4) is 0 Å². The molecule has 0 saturated heterocycles. The molecular weight excluding hydrogens is 280 g/mol. The van der Waals surface area contributed by atoms with Gasteiger partial charge in [-0.2, -0.15) is 0 Å². The van der Waals surface area contributed by atoms with Gasteiger partial charge in [0.25, 0.3) is 11.8 Å². The summed E-state index contributed by atoms with van der Waals surface area (Å²) >= 11 is 0. The lowest BCUT2D eigenvalue weighted by molar-refractivity contribution is 0.0664. The second-order valence-electron chi connectivity index (χ2n) is 4.98. The Morgan fingerprint density at radius 2 is 1.75 bits per heavy atom. The van der Waals surface area contributed by atoms with Gasteiger partial charge in [-0.3, -0.25) is 14.5 Å². The topological polar surface area (TPSA) is 97.5 Å². The number of fused-ring (bicyclic) bond motifs is 1. The van der Waals surface area contributed by atoms with E-state index < -0.39 is 26.9 Å². The third-order valence-electron chi connectivity index (χ3n) is 3.31. The van der Waals surface area contributed by atoms with E-state index in [1.165, 1.54) is 12.1 Å². The van der Waals surface area contributed by atoms with Gasteiger partial charge in [-0.05, 0) is 32.0 Å². The Balaban J connectivity index is 2.21. The molecular formula is C13H16N2O4S. The van der Waals surface area contributed by atoms with Crippen LogP contribution in [-0.2, 0) is 9.84 Å². The molecule has 0 saturated carbocycles. The maximum absolute atomic E-state index is 12.1. The number of nitrogens with two attached hydrogens (primary N) is 1. The number of anilines is 1.